The van der Waals surface area contributed by atoms with E-state index in [1.54, 1.807) is 7.11 Å². The largest absolute Gasteiger partial charge is 0.493 e. The van der Waals surface area contributed by atoms with Gasteiger partial charge in [-0.25, -0.2) is 0 Å². The van der Waals surface area contributed by atoms with E-state index in [0.29, 0.717) is 24.8 Å². The first-order chi connectivity index (χ1) is 9.36. The lowest BCUT2D eigenvalue weighted by Crippen LogP contribution is -2.02. The average molecular weight is 260 g/mol. The highest BCUT2D eigenvalue weighted by molar-refractivity contribution is 5.39. The highest BCUT2D eigenvalue weighted by atomic mass is 16.5. The van der Waals surface area contributed by atoms with Crippen molar-refractivity contribution in [3.8, 4) is 11.5 Å². The Kier molecular flexibility index (Phi) is 3.35. The van der Waals surface area contributed by atoms with Crippen LogP contribution in [0.2, 0.25) is 0 Å². The maximum absolute atomic E-state index is 5.66. The van der Waals surface area contributed by atoms with Gasteiger partial charge in [-0.2, -0.15) is 0 Å². The molecule has 0 atom stereocenters. The molecule has 100 valence electrons. The van der Waals surface area contributed by atoms with E-state index in [9.17, 15) is 0 Å². The minimum Gasteiger partial charge on any atom is -0.493 e. The van der Waals surface area contributed by atoms with E-state index in [1.807, 2.05) is 24.3 Å². The summed E-state index contributed by atoms with van der Waals surface area (Å²) in [5.41, 5.74) is 0. The van der Waals surface area contributed by atoms with Gasteiger partial charge < -0.3 is 13.9 Å². The van der Waals surface area contributed by atoms with Gasteiger partial charge in [0, 0.05) is 5.92 Å². The fraction of sp³-hybridized carbons (Fsp3) is 0.429. The number of rotatable bonds is 6. The quantitative estimate of drug-likeness (QED) is 0.799. The molecule has 1 saturated carbocycles. The first-order valence-electron chi connectivity index (χ1n) is 6.45. The van der Waals surface area contributed by atoms with Crippen molar-refractivity contribution in [2.45, 2.75) is 25.2 Å². The van der Waals surface area contributed by atoms with Gasteiger partial charge in [-0.1, -0.05) is 12.1 Å². The molecule has 1 aliphatic rings. The zero-order valence-corrected chi connectivity index (χ0v) is 10.8. The van der Waals surface area contributed by atoms with Crippen molar-refractivity contribution in [2.24, 2.45) is 0 Å². The lowest BCUT2D eigenvalue weighted by molar-refractivity contribution is 0.285. The van der Waals surface area contributed by atoms with Crippen LogP contribution in [0.1, 0.15) is 30.5 Å². The molecule has 1 aliphatic carbocycles. The standard InChI is InChI=1S/C14H16N2O3/c1-17-11-4-2-3-5-12(11)18-9-8-13-15-16-14(19-13)10-6-7-10/h2-5,10H,6-9H2,1H3. The zero-order valence-electron chi connectivity index (χ0n) is 10.8. The second-order valence-corrected chi connectivity index (χ2v) is 4.56. The van der Waals surface area contributed by atoms with Crippen LogP contribution in [0.15, 0.2) is 28.7 Å². The van der Waals surface area contributed by atoms with Crippen molar-refractivity contribution in [3.05, 3.63) is 36.0 Å². The highest BCUT2D eigenvalue weighted by Crippen LogP contribution is 2.39. The van der Waals surface area contributed by atoms with Gasteiger partial charge >= 0.3 is 0 Å². The predicted molar refractivity (Wildman–Crippen MR) is 68.5 cm³/mol. The van der Waals surface area contributed by atoms with Crippen molar-refractivity contribution < 1.29 is 13.9 Å². The molecule has 0 saturated heterocycles. The SMILES string of the molecule is COc1ccccc1OCCc1nnc(C2CC2)o1. The van der Waals surface area contributed by atoms with Gasteiger partial charge in [0.2, 0.25) is 11.8 Å². The van der Waals surface area contributed by atoms with Crippen LogP contribution in [-0.4, -0.2) is 23.9 Å². The van der Waals surface area contributed by atoms with E-state index >= 15 is 0 Å². The number of aromatic nitrogens is 2. The molecule has 5 nitrogen and oxygen atoms in total. The molecule has 0 amide bonds. The third kappa shape index (κ3) is 2.86. The van der Waals surface area contributed by atoms with Crippen LogP contribution >= 0.6 is 0 Å². The van der Waals surface area contributed by atoms with Crippen molar-refractivity contribution in [3.63, 3.8) is 0 Å². The van der Waals surface area contributed by atoms with Crippen LogP contribution in [0.5, 0.6) is 11.5 Å². The summed E-state index contributed by atoms with van der Waals surface area (Å²) in [6.45, 7) is 0.493. The Labute approximate surface area is 111 Å². The first-order valence-corrected chi connectivity index (χ1v) is 6.45. The molecule has 1 aromatic heterocycles. The number of para-hydroxylation sites is 2. The van der Waals surface area contributed by atoms with Crippen molar-refractivity contribution in [1.29, 1.82) is 0 Å². The molecule has 1 fully saturated rings. The number of methoxy groups -OCH3 is 1. The minimum absolute atomic E-state index is 0.493. The summed E-state index contributed by atoms with van der Waals surface area (Å²) in [5.74, 6) is 3.36. The molecule has 1 aromatic carbocycles. The van der Waals surface area contributed by atoms with Crippen molar-refractivity contribution in [2.75, 3.05) is 13.7 Å². The Balaban J connectivity index is 1.54. The summed E-state index contributed by atoms with van der Waals surface area (Å²) in [6, 6.07) is 7.57. The predicted octanol–water partition coefficient (Wildman–Crippen LogP) is 2.58. The molecular weight excluding hydrogens is 244 g/mol. The van der Waals surface area contributed by atoms with E-state index in [4.69, 9.17) is 13.9 Å². The Morgan fingerprint density at radius 2 is 2.00 bits per heavy atom. The van der Waals surface area contributed by atoms with E-state index in [0.717, 1.165) is 17.4 Å². The molecule has 0 spiro atoms. The second-order valence-electron chi connectivity index (χ2n) is 4.56. The summed E-state index contributed by atoms with van der Waals surface area (Å²) in [5, 5.41) is 8.06. The maximum atomic E-state index is 5.66. The molecule has 0 radical (unpaired) electrons. The molecule has 5 heteroatoms. The smallest absolute Gasteiger partial charge is 0.219 e. The normalized spacial score (nSPS) is 14.4. The molecule has 0 aliphatic heterocycles. The molecule has 3 rings (SSSR count). The van der Waals surface area contributed by atoms with E-state index in [-0.39, 0.29) is 0 Å². The number of hydrogen-bond acceptors (Lipinski definition) is 5. The number of benzene rings is 1. The van der Waals surface area contributed by atoms with E-state index in [1.165, 1.54) is 12.8 Å². The topological polar surface area (TPSA) is 57.4 Å². The number of nitrogens with zero attached hydrogens (tertiary/aromatic N) is 2. The number of ether oxygens (including phenoxy) is 2. The van der Waals surface area contributed by atoms with Gasteiger partial charge in [0.05, 0.1) is 20.1 Å². The maximum Gasteiger partial charge on any atom is 0.219 e. The van der Waals surface area contributed by atoms with Crippen LogP contribution in [0.3, 0.4) is 0 Å². The second kappa shape index (κ2) is 5.30. The third-order valence-corrected chi connectivity index (χ3v) is 3.05. The van der Waals surface area contributed by atoms with Crippen molar-refractivity contribution >= 4 is 0 Å². The van der Waals surface area contributed by atoms with Gasteiger partial charge in [0.15, 0.2) is 11.5 Å². The monoisotopic (exact) mass is 260 g/mol. The Morgan fingerprint density at radius 3 is 2.74 bits per heavy atom. The number of hydrogen-bond donors (Lipinski definition) is 0. The third-order valence-electron chi connectivity index (χ3n) is 3.05. The summed E-state index contributed by atoms with van der Waals surface area (Å²) < 4.78 is 16.4. The Morgan fingerprint density at radius 1 is 1.21 bits per heavy atom. The first kappa shape index (κ1) is 12.0. The fourth-order valence-corrected chi connectivity index (χ4v) is 1.85. The summed E-state index contributed by atoms with van der Waals surface area (Å²) in [7, 11) is 1.63. The van der Waals surface area contributed by atoms with E-state index in [2.05, 4.69) is 10.2 Å². The molecule has 2 aromatic rings. The molecule has 19 heavy (non-hydrogen) atoms. The van der Waals surface area contributed by atoms with Gasteiger partial charge in [0.25, 0.3) is 0 Å². The van der Waals surface area contributed by atoms with E-state index < -0.39 is 0 Å². The Bertz CT molecular complexity index is 549. The lowest BCUT2D eigenvalue weighted by atomic mass is 10.3. The molecule has 0 bridgehead atoms. The lowest BCUT2D eigenvalue weighted by Gasteiger charge is -2.08. The van der Waals surface area contributed by atoms with Crippen LogP contribution in [0.25, 0.3) is 0 Å². The molecule has 0 unspecified atom stereocenters. The van der Waals surface area contributed by atoms with Gasteiger partial charge in [0.1, 0.15) is 0 Å². The minimum atomic E-state index is 0.493. The van der Waals surface area contributed by atoms with Crippen LogP contribution < -0.4 is 9.47 Å². The van der Waals surface area contributed by atoms with Crippen LogP contribution in [0, 0.1) is 0 Å². The van der Waals surface area contributed by atoms with Gasteiger partial charge in [-0.3, -0.25) is 0 Å². The van der Waals surface area contributed by atoms with Crippen molar-refractivity contribution in [1.82, 2.24) is 10.2 Å². The summed E-state index contributed by atoms with van der Waals surface area (Å²) >= 11 is 0. The molecular formula is C14H16N2O3. The Hall–Kier alpha value is -2.04. The van der Waals surface area contributed by atoms with Crippen LogP contribution in [-0.2, 0) is 6.42 Å². The van der Waals surface area contributed by atoms with Gasteiger partial charge in [-0.05, 0) is 25.0 Å². The highest BCUT2D eigenvalue weighted by Gasteiger charge is 2.29. The van der Waals surface area contributed by atoms with Crippen LogP contribution in [0.4, 0.5) is 0 Å². The zero-order chi connectivity index (χ0) is 13.1. The fourth-order valence-electron chi connectivity index (χ4n) is 1.85. The molecule has 0 N–H and O–H groups in total. The summed E-state index contributed by atoms with van der Waals surface area (Å²) in [4.78, 5) is 0. The van der Waals surface area contributed by atoms with Gasteiger partial charge in [-0.15, -0.1) is 10.2 Å². The average Bonchev–Trinajstić information content (AvgIpc) is 3.19. The summed E-state index contributed by atoms with van der Waals surface area (Å²) in [6.07, 6.45) is 2.94. The molecule has 1 heterocycles.